The van der Waals surface area contributed by atoms with Gasteiger partial charge in [-0.1, -0.05) is 18.2 Å². The van der Waals surface area contributed by atoms with Crippen molar-refractivity contribution in [3.05, 3.63) is 35.6 Å². The maximum atomic E-state index is 14.3. The Balaban J connectivity index is 1.25. The fourth-order valence-corrected chi connectivity index (χ4v) is 4.39. The maximum absolute atomic E-state index is 14.3. The number of hydrogen-bond donors (Lipinski definition) is 1. The summed E-state index contributed by atoms with van der Waals surface area (Å²) in [4.78, 5) is 23.3. The molecule has 4 rings (SSSR count). The number of nitrogens with one attached hydrogen (secondary N) is 1. The molecule has 1 aromatic carbocycles. The van der Waals surface area contributed by atoms with Crippen molar-refractivity contribution in [1.29, 1.82) is 0 Å². The molecular weight excluding hydrogens is 385 g/mol. The molecule has 3 fully saturated rings. The molecule has 0 unspecified atom stereocenters. The van der Waals surface area contributed by atoms with Crippen molar-refractivity contribution in [3.8, 4) is 0 Å². The highest BCUT2D eigenvalue weighted by Crippen LogP contribution is 2.48. The number of aliphatic imine (C=N–C) groups is 1. The first kappa shape index (κ1) is 21.1. The SMILES string of the molecule is CN=C(NCC1(c2ccccc2F)CC1)N1CCN(CC(=O)N2CCOCC2)CC1. The third-order valence-electron chi connectivity index (χ3n) is 6.49. The van der Waals surface area contributed by atoms with E-state index in [1.54, 1.807) is 19.2 Å². The fraction of sp³-hybridized carbons (Fsp3) is 0.636. The molecule has 1 aromatic rings. The molecule has 30 heavy (non-hydrogen) atoms. The van der Waals surface area contributed by atoms with E-state index in [1.165, 1.54) is 0 Å². The molecule has 8 heteroatoms. The smallest absolute Gasteiger partial charge is 0.236 e. The third-order valence-corrected chi connectivity index (χ3v) is 6.49. The van der Waals surface area contributed by atoms with Gasteiger partial charge in [-0.2, -0.15) is 0 Å². The van der Waals surface area contributed by atoms with E-state index in [4.69, 9.17) is 4.74 Å². The third kappa shape index (κ3) is 4.75. The normalized spacial score (nSPS) is 22.1. The van der Waals surface area contributed by atoms with Gasteiger partial charge in [0.2, 0.25) is 5.91 Å². The summed E-state index contributed by atoms with van der Waals surface area (Å²) in [6, 6.07) is 7.09. The number of halogens is 1. The van der Waals surface area contributed by atoms with E-state index in [-0.39, 0.29) is 17.1 Å². The molecule has 0 atom stereocenters. The highest BCUT2D eigenvalue weighted by Gasteiger charge is 2.46. The van der Waals surface area contributed by atoms with Gasteiger partial charge in [-0.3, -0.25) is 14.7 Å². The second kappa shape index (κ2) is 9.31. The Morgan fingerprint density at radius 1 is 1.10 bits per heavy atom. The summed E-state index contributed by atoms with van der Waals surface area (Å²) in [5.74, 6) is 0.928. The number of guanidine groups is 1. The molecule has 2 saturated heterocycles. The number of morpholine rings is 1. The van der Waals surface area contributed by atoms with Crippen LogP contribution in [-0.4, -0.2) is 99.2 Å². The lowest BCUT2D eigenvalue weighted by atomic mass is 9.95. The van der Waals surface area contributed by atoms with E-state index in [0.29, 0.717) is 39.4 Å². The van der Waals surface area contributed by atoms with E-state index >= 15 is 0 Å². The predicted molar refractivity (Wildman–Crippen MR) is 114 cm³/mol. The average molecular weight is 418 g/mol. The summed E-state index contributed by atoms with van der Waals surface area (Å²) in [5.41, 5.74) is 0.688. The van der Waals surface area contributed by atoms with Gasteiger partial charge in [0.25, 0.3) is 0 Å². The molecular formula is C22H32FN5O2. The monoisotopic (exact) mass is 417 g/mol. The highest BCUT2D eigenvalue weighted by atomic mass is 19.1. The molecule has 7 nitrogen and oxygen atoms in total. The molecule has 1 saturated carbocycles. The number of rotatable bonds is 5. The highest BCUT2D eigenvalue weighted by molar-refractivity contribution is 5.80. The minimum atomic E-state index is -0.120. The topological polar surface area (TPSA) is 60.4 Å². The molecule has 0 aromatic heterocycles. The van der Waals surface area contributed by atoms with Crippen LogP contribution in [0.3, 0.4) is 0 Å². The van der Waals surface area contributed by atoms with E-state index in [2.05, 4.69) is 20.1 Å². The number of ether oxygens (including phenoxy) is 1. The number of carbonyl (C=O) groups excluding carboxylic acids is 1. The predicted octanol–water partition coefficient (Wildman–Crippen LogP) is 0.909. The minimum Gasteiger partial charge on any atom is -0.378 e. The van der Waals surface area contributed by atoms with Crippen LogP contribution in [0.5, 0.6) is 0 Å². The van der Waals surface area contributed by atoms with Crippen LogP contribution in [0.1, 0.15) is 18.4 Å². The lowest BCUT2D eigenvalue weighted by Gasteiger charge is -2.37. The Kier molecular flexibility index (Phi) is 6.53. The quantitative estimate of drug-likeness (QED) is 0.570. The first-order valence-corrected chi connectivity index (χ1v) is 10.9. The number of piperazine rings is 1. The van der Waals surface area contributed by atoms with Crippen molar-refractivity contribution < 1.29 is 13.9 Å². The zero-order valence-corrected chi connectivity index (χ0v) is 17.8. The molecule has 2 heterocycles. The summed E-state index contributed by atoms with van der Waals surface area (Å²) in [5, 5.41) is 3.48. The molecule has 0 radical (unpaired) electrons. The molecule has 164 valence electrons. The molecule has 0 bridgehead atoms. The van der Waals surface area contributed by atoms with Crippen molar-refractivity contribution in [2.45, 2.75) is 18.3 Å². The first-order valence-electron chi connectivity index (χ1n) is 10.9. The van der Waals surface area contributed by atoms with Crippen LogP contribution in [0.15, 0.2) is 29.3 Å². The van der Waals surface area contributed by atoms with Gasteiger partial charge in [0.05, 0.1) is 19.8 Å². The van der Waals surface area contributed by atoms with Crippen molar-refractivity contribution in [1.82, 2.24) is 20.0 Å². The van der Waals surface area contributed by atoms with Gasteiger partial charge in [0.1, 0.15) is 5.82 Å². The summed E-state index contributed by atoms with van der Waals surface area (Å²) < 4.78 is 19.6. The Bertz CT molecular complexity index is 769. The first-order chi connectivity index (χ1) is 14.6. The van der Waals surface area contributed by atoms with Crippen molar-refractivity contribution >= 4 is 11.9 Å². The van der Waals surface area contributed by atoms with Crippen molar-refractivity contribution in [3.63, 3.8) is 0 Å². The Morgan fingerprint density at radius 2 is 1.80 bits per heavy atom. The molecule has 1 amide bonds. The largest absolute Gasteiger partial charge is 0.378 e. The number of benzene rings is 1. The lowest BCUT2D eigenvalue weighted by molar-refractivity contribution is -0.136. The van der Waals surface area contributed by atoms with Crippen LogP contribution in [0.2, 0.25) is 0 Å². The van der Waals surface area contributed by atoms with Gasteiger partial charge in [0, 0.05) is 58.3 Å². The lowest BCUT2D eigenvalue weighted by Crippen LogP contribution is -2.55. The van der Waals surface area contributed by atoms with E-state index < -0.39 is 0 Å². The number of nitrogens with zero attached hydrogens (tertiary/aromatic N) is 4. The van der Waals surface area contributed by atoms with E-state index in [1.807, 2.05) is 17.0 Å². The van der Waals surface area contributed by atoms with Crippen LogP contribution in [-0.2, 0) is 14.9 Å². The van der Waals surface area contributed by atoms with E-state index in [0.717, 1.165) is 50.5 Å². The van der Waals surface area contributed by atoms with Crippen LogP contribution in [0.25, 0.3) is 0 Å². The average Bonchev–Trinajstić information content (AvgIpc) is 3.57. The Morgan fingerprint density at radius 3 is 2.43 bits per heavy atom. The zero-order valence-electron chi connectivity index (χ0n) is 17.8. The summed E-state index contributed by atoms with van der Waals surface area (Å²) in [7, 11) is 1.79. The second-order valence-corrected chi connectivity index (χ2v) is 8.42. The maximum Gasteiger partial charge on any atom is 0.236 e. The van der Waals surface area contributed by atoms with Gasteiger partial charge in [-0.25, -0.2) is 4.39 Å². The van der Waals surface area contributed by atoms with Crippen molar-refractivity contribution in [2.24, 2.45) is 4.99 Å². The minimum absolute atomic E-state index is 0.117. The zero-order chi connectivity index (χ0) is 21.0. The van der Waals surface area contributed by atoms with Gasteiger partial charge >= 0.3 is 0 Å². The molecule has 0 spiro atoms. The summed E-state index contributed by atoms with van der Waals surface area (Å²) in [6.07, 6.45) is 1.99. The summed E-state index contributed by atoms with van der Waals surface area (Å²) in [6.45, 7) is 7.12. The van der Waals surface area contributed by atoms with Crippen LogP contribution < -0.4 is 5.32 Å². The van der Waals surface area contributed by atoms with Gasteiger partial charge in [-0.15, -0.1) is 0 Å². The number of amides is 1. The molecule has 1 N–H and O–H groups in total. The Hall–Kier alpha value is -2.19. The van der Waals surface area contributed by atoms with E-state index in [9.17, 15) is 9.18 Å². The Labute approximate surface area is 177 Å². The molecule has 2 aliphatic heterocycles. The summed E-state index contributed by atoms with van der Waals surface area (Å²) >= 11 is 0. The number of carbonyl (C=O) groups is 1. The van der Waals surface area contributed by atoms with Crippen LogP contribution >= 0.6 is 0 Å². The van der Waals surface area contributed by atoms with Crippen LogP contribution in [0.4, 0.5) is 4.39 Å². The van der Waals surface area contributed by atoms with Crippen LogP contribution in [0, 0.1) is 5.82 Å². The second-order valence-electron chi connectivity index (χ2n) is 8.42. The van der Waals surface area contributed by atoms with Gasteiger partial charge < -0.3 is 19.9 Å². The standard InChI is InChI=1S/C22H32FN5O2/c1-24-21(25-17-22(6-7-22)18-4-2-3-5-19(18)23)28-10-8-26(9-11-28)16-20(29)27-12-14-30-15-13-27/h2-5H,6-17H2,1H3,(H,24,25). The van der Waals surface area contributed by atoms with Gasteiger partial charge in [-0.05, 0) is 24.5 Å². The van der Waals surface area contributed by atoms with Crippen molar-refractivity contribution in [2.75, 3.05) is 72.6 Å². The molecule has 1 aliphatic carbocycles. The van der Waals surface area contributed by atoms with Gasteiger partial charge in [0.15, 0.2) is 5.96 Å². The number of hydrogen-bond acceptors (Lipinski definition) is 4. The molecule has 3 aliphatic rings. The fourth-order valence-electron chi connectivity index (χ4n) is 4.39.